The van der Waals surface area contributed by atoms with Gasteiger partial charge in [-0.2, -0.15) is 0 Å². The van der Waals surface area contributed by atoms with Gasteiger partial charge >= 0.3 is 11.9 Å². The van der Waals surface area contributed by atoms with E-state index in [4.69, 9.17) is 14.2 Å². The molecule has 2 rings (SSSR count). The van der Waals surface area contributed by atoms with Gasteiger partial charge in [0.1, 0.15) is 5.75 Å². The summed E-state index contributed by atoms with van der Waals surface area (Å²) in [7, 11) is 2.75. The Morgan fingerprint density at radius 3 is 2.50 bits per heavy atom. The summed E-state index contributed by atoms with van der Waals surface area (Å²) < 4.78 is 16.2. The Morgan fingerprint density at radius 1 is 1.27 bits per heavy atom. The predicted molar refractivity (Wildman–Crippen MR) is 97.1 cm³/mol. The van der Waals surface area contributed by atoms with Crippen molar-refractivity contribution < 1.29 is 28.6 Å². The Morgan fingerprint density at radius 2 is 1.96 bits per heavy atom. The summed E-state index contributed by atoms with van der Waals surface area (Å²) in [5, 5.41) is 2.75. The highest BCUT2D eigenvalue weighted by atomic mass is 79.9. The van der Waals surface area contributed by atoms with E-state index in [0.29, 0.717) is 21.3 Å². The van der Waals surface area contributed by atoms with Crippen molar-refractivity contribution in [3.63, 3.8) is 0 Å². The van der Waals surface area contributed by atoms with Crippen molar-refractivity contribution in [1.82, 2.24) is 5.32 Å². The van der Waals surface area contributed by atoms with Crippen molar-refractivity contribution in [3.8, 4) is 5.75 Å². The number of fused-ring (bicyclic) bond motifs is 1. The van der Waals surface area contributed by atoms with E-state index in [2.05, 4.69) is 21.2 Å². The van der Waals surface area contributed by atoms with Crippen molar-refractivity contribution in [3.05, 3.63) is 27.7 Å². The minimum absolute atomic E-state index is 0.118. The van der Waals surface area contributed by atoms with Gasteiger partial charge in [0.25, 0.3) is 0 Å². The smallest absolute Gasteiger partial charge is 0.328 e. The van der Waals surface area contributed by atoms with E-state index in [1.807, 2.05) is 0 Å². The third-order valence-corrected chi connectivity index (χ3v) is 5.18. The minimum atomic E-state index is -1.61. The molecule has 0 fully saturated rings. The van der Waals surface area contributed by atoms with Gasteiger partial charge in [0.15, 0.2) is 5.41 Å². The number of rotatable bonds is 6. The number of carbonyl (C=O) groups is 3. The first-order valence-corrected chi connectivity index (χ1v) is 8.99. The second-order valence-corrected chi connectivity index (χ2v) is 6.85. The number of benzene rings is 1. The summed E-state index contributed by atoms with van der Waals surface area (Å²) in [5.41, 5.74) is -0.456. The van der Waals surface area contributed by atoms with Crippen LogP contribution in [0.4, 0.5) is 0 Å². The van der Waals surface area contributed by atoms with Crippen LogP contribution in [0.5, 0.6) is 5.75 Å². The molecular formula is C18H22BrNO6. The lowest BCUT2D eigenvalue weighted by Crippen LogP contribution is -2.45. The molecule has 0 saturated heterocycles. The summed E-state index contributed by atoms with van der Waals surface area (Å²) in [6.45, 7) is 3.47. The zero-order chi connectivity index (χ0) is 19.5. The van der Waals surface area contributed by atoms with E-state index >= 15 is 0 Å². The van der Waals surface area contributed by atoms with Crippen molar-refractivity contribution >= 4 is 33.8 Å². The molecule has 1 N–H and O–H groups in total. The maximum Gasteiger partial charge on any atom is 0.328 e. The van der Waals surface area contributed by atoms with Gasteiger partial charge in [0, 0.05) is 35.0 Å². The Labute approximate surface area is 160 Å². The molecule has 1 aliphatic carbocycles. The molecule has 1 aliphatic rings. The number of halogens is 1. The molecule has 142 valence electrons. The van der Waals surface area contributed by atoms with Crippen molar-refractivity contribution in [2.75, 3.05) is 27.4 Å². The van der Waals surface area contributed by atoms with Gasteiger partial charge in [-0.3, -0.25) is 14.4 Å². The number of methoxy groups -OCH3 is 2. The summed E-state index contributed by atoms with van der Waals surface area (Å²) >= 11 is 3.45. The quantitative estimate of drug-likeness (QED) is 0.551. The first-order chi connectivity index (χ1) is 12.3. The molecule has 0 saturated carbocycles. The minimum Gasteiger partial charge on any atom is -0.496 e. The maximum absolute atomic E-state index is 12.9. The molecule has 8 heteroatoms. The van der Waals surface area contributed by atoms with Gasteiger partial charge in [0.2, 0.25) is 5.91 Å². The van der Waals surface area contributed by atoms with Crippen LogP contribution in [-0.4, -0.2) is 45.2 Å². The maximum atomic E-state index is 12.9. The third-order valence-electron chi connectivity index (χ3n) is 4.52. The number of ether oxygens (including phenoxy) is 3. The Kier molecular flexibility index (Phi) is 6.28. The topological polar surface area (TPSA) is 90.9 Å². The number of esters is 2. The van der Waals surface area contributed by atoms with E-state index in [-0.39, 0.29) is 31.4 Å². The highest BCUT2D eigenvalue weighted by Crippen LogP contribution is 2.53. The predicted octanol–water partition coefficient (Wildman–Crippen LogP) is 2.05. The van der Waals surface area contributed by atoms with Gasteiger partial charge in [0.05, 0.1) is 20.8 Å². The zero-order valence-corrected chi connectivity index (χ0v) is 16.8. The fourth-order valence-corrected chi connectivity index (χ4v) is 4.17. The fourth-order valence-electron chi connectivity index (χ4n) is 3.49. The number of nitrogens with one attached hydrogen (secondary N) is 1. The van der Waals surface area contributed by atoms with Crippen LogP contribution in [0, 0.1) is 0 Å². The van der Waals surface area contributed by atoms with Crippen LogP contribution >= 0.6 is 15.9 Å². The SMILES string of the molecule is CCOC(=O)C1(C(=O)OC)CC(CNC(C)=O)c2c(OC)ccc(Br)c21. The number of hydrogen-bond acceptors (Lipinski definition) is 6. The molecule has 26 heavy (non-hydrogen) atoms. The molecule has 0 spiro atoms. The van der Waals surface area contributed by atoms with Gasteiger partial charge < -0.3 is 19.5 Å². The van der Waals surface area contributed by atoms with Gasteiger partial charge in [-0.15, -0.1) is 0 Å². The molecule has 0 radical (unpaired) electrons. The van der Waals surface area contributed by atoms with Crippen LogP contribution in [0.15, 0.2) is 16.6 Å². The normalized spacial score (nSPS) is 20.9. The average Bonchev–Trinajstić information content (AvgIpc) is 2.97. The second-order valence-electron chi connectivity index (χ2n) is 5.99. The third kappa shape index (κ3) is 3.30. The van der Waals surface area contributed by atoms with E-state index in [1.54, 1.807) is 19.1 Å². The molecule has 0 aromatic heterocycles. The summed E-state index contributed by atoms with van der Waals surface area (Å²) in [4.78, 5) is 37.1. The molecule has 1 aromatic rings. The van der Waals surface area contributed by atoms with Crippen LogP contribution in [-0.2, 0) is 29.3 Å². The van der Waals surface area contributed by atoms with Crippen molar-refractivity contribution in [2.45, 2.75) is 31.6 Å². The van der Waals surface area contributed by atoms with Gasteiger partial charge in [-0.1, -0.05) is 15.9 Å². The molecule has 0 bridgehead atoms. The van der Waals surface area contributed by atoms with E-state index in [9.17, 15) is 14.4 Å². The molecule has 2 atom stereocenters. The lowest BCUT2D eigenvalue weighted by Gasteiger charge is -2.26. The van der Waals surface area contributed by atoms with Crippen LogP contribution in [0.3, 0.4) is 0 Å². The van der Waals surface area contributed by atoms with Crippen LogP contribution in [0.1, 0.15) is 37.3 Å². The van der Waals surface area contributed by atoms with E-state index in [1.165, 1.54) is 21.1 Å². The number of hydrogen-bond donors (Lipinski definition) is 1. The van der Waals surface area contributed by atoms with Gasteiger partial charge in [-0.05, 0) is 25.5 Å². The second kappa shape index (κ2) is 8.07. The lowest BCUT2D eigenvalue weighted by molar-refractivity contribution is -0.163. The standard InChI is InChI=1S/C18H22BrNO6/c1-5-26-17(23)18(16(22)25-4)8-11(9-20-10(2)21)14-13(24-3)7-6-12(19)15(14)18/h6-7,11H,5,8-9H2,1-4H3,(H,20,21). The van der Waals surface area contributed by atoms with E-state index in [0.717, 1.165) is 0 Å². The Balaban J connectivity index is 2.71. The summed E-state index contributed by atoms with van der Waals surface area (Å²) in [6.07, 6.45) is 0.118. The number of carbonyl (C=O) groups excluding carboxylic acids is 3. The summed E-state index contributed by atoms with van der Waals surface area (Å²) in [5.74, 6) is -1.35. The Bertz CT molecular complexity index is 735. The van der Waals surface area contributed by atoms with Crippen LogP contribution in [0.25, 0.3) is 0 Å². The average molecular weight is 428 g/mol. The summed E-state index contributed by atoms with van der Waals surface area (Å²) in [6, 6.07) is 3.47. The highest BCUT2D eigenvalue weighted by molar-refractivity contribution is 9.10. The molecule has 0 heterocycles. The largest absolute Gasteiger partial charge is 0.496 e. The monoisotopic (exact) mass is 427 g/mol. The van der Waals surface area contributed by atoms with Crippen LogP contribution < -0.4 is 10.1 Å². The van der Waals surface area contributed by atoms with Gasteiger partial charge in [-0.25, -0.2) is 0 Å². The van der Waals surface area contributed by atoms with E-state index < -0.39 is 17.4 Å². The molecule has 1 aromatic carbocycles. The van der Waals surface area contributed by atoms with Crippen molar-refractivity contribution in [1.29, 1.82) is 0 Å². The first kappa shape index (κ1) is 20.2. The Hall–Kier alpha value is -2.09. The first-order valence-electron chi connectivity index (χ1n) is 8.20. The molecule has 2 unspecified atom stereocenters. The fraction of sp³-hybridized carbons (Fsp3) is 0.500. The molecule has 1 amide bonds. The van der Waals surface area contributed by atoms with Crippen LogP contribution in [0.2, 0.25) is 0 Å². The lowest BCUT2D eigenvalue weighted by atomic mass is 9.81. The molecule has 7 nitrogen and oxygen atoms in total. The number of amides is 1. The zero-order valence-electron chi connectivity index (χ0n) is 15.2. The highest BCUT2D eigenvalue weighted by Gasteiger charge is 2.59. The molecule has 0 aliphatic heterocycles. The molecular weight excluding hydrogens is 406 g/mol. The van der Waals surface area contributed by atoms with Crippen molar-refractivity contribution in [2.24, 2.45) is 0 Å².